The second kappa shape index (κ2) is 6.56. The van der Waals surface area contributed by atoms with Gasteiger partial charge in [0, 0.05) is 24.5 Å². The monoisotopic (exact) mass is 349 g/mol. The molecule has 0 spiro atoms. The van der Waals surface area contributed by atoms with Crippen LogP contribution < -0.4 is 5.32 Å². The van der Waals surface area contributed by atoms with Crippen LogP contribution in [0, 0.1) is 6.92 Å². The van der Waals surface area contributed by atoms with E-state index < -0.39 is 0 Å². The standard InChI is InChI=1S/C15H19N5OS2/c1-11-10-20-15(17-11)23-14(18-20)16-9-12(13-3-2-8-22-13)19-4-6-21-7-5-19/h2-3,8,10,12H,4-7,9H2,1H3,(H,16,18)/t12-/m1/s1. The number of aromatic nitrogens is 3. The predicted molar refractivity (Wildman–Crippen MR) is 93.5 cm³/mol. The van der Waals surface area contributed by atoms with Crippen molar-refractivity contribution in [1.29, 1.82) is 0 Å². The highest BCUT2D eigenvalue weighted by atomic mass is 32.1. The van der Waals surface area contributed by atoms with Gasteiger partial charge in [-0.05, 0) is 18.4 Å². The van der Waals surface area contributed by atoms with E-state index in [9.17, 15) is 0 Å². The van der Waals surface area contributed by atoms with Gasteiger partial charge in [-0.1, -0.05) is 17.4 Å². The van der Waals surface area contributed by atoms with Crippen molar-refractivity contribution < 1.29 is 4.74 Å². The van der Waals surface area contributed by atoms with Gasteiger partial charge in [-0.2, -0.15) is 0 Å². The van der Waals surface area contributed by atoms with Crippen LogP contribution in [0.15, 0.2) is 23.7 Å². The molecule has 0 unspecified atom stereocenters. The quantitative estimate of drug-likeness (QED) is 0.767. The molecule has 0 aliphatic carbocycles. The number of hydrogen-bond donors (Lipinski definition) is 1. The Morgan fingerprint density at radius 3 is 3.00 bits per heavy atom. The Balaban J connectivity index is 1.49. The number of nitrogens with one attached hydrogen (secondary N) is 1. The second-order valence-corrected chi connectivity index (χ2v) is 7.51. The molecule has 1 fully saturated rings. The first-order chi connectivity index (χ1) is 11.3. The summed E-state index contributed by atoms with van der Waals surface area (Å²) in [6.45, 7) is 6.41. The highest BCUT2D eigenvalue weighted by Gasteiger charge is 2.23. The number of morpholine rings is 1. The molecular weight excluding hydrogens is 330 g/mol. The van der Waals surface area contributed by atoms with Crippen LogP contribution in [0.25, 0.3) is 4.96 Å². The maximum atomic E-state index is 5.49. The fourth-order valence-corrected chi connectivity index (χ4v) is 4.54. The Kier molecular flexibility index (Phi) is 4.30. The molecule has 0 aromatic carbocycles. The lowest BCUT2D eigenvalue weighted by Gasteiger charge is -2.34. The summed E-state index contributed by atoms with van der Waals surface area (Å²) in [5.74, 6) is 0. The lowest BCUT2D eigenvalue weighted by atomic mass is 10.2. The van der Waals surface area contributed by atoms with E-state index in [1.807, 2.05) is 29.0 Å². The minimum atomic E-state index is 0.358. The number of fused-ring (bicyclic) bond motifs is 1. The number of ether oxygens (including phenoxy) is 1. The van der Waals surface area contributed by atoms with Gasteiger partial charge in [0.1, 0.15) is 0 Å². The molecule has 1 aliphatic heterocycles. The minimum Gasteiger partial charge on any atom is -0.379 e. The molecule has 3 aromatic rings. The number of nitrogens with zero attached hydrogens (tertiary/aromatic N) is 4. The molecule has 122 valence electrons. The molecule has 1 N–H and O–H groups in total. The number of anilines is 1. The molecular formula is C15H19N5OS2. The first-order valence-electron chi connectivity index (χ1n) is 7.71. The van der Waals surface area contributed by atoms with Crippen molar-refractivity contribution in [3.05, 3.63) is 34.3 Å². The molecule has 6 nitrogen and oxygen atoms in total. The van der Waals surface area contributed by atoms with Crippen molar-refractivity contribution in [2.24, 2.45) is 0 Å². The Hall–Kier alpha value is -1.48. The Morgan fingerprint density at radius 2 is 2.26 bits per heavy atom. The van der Waals surface area contributed by atoms with Crippen molar-refractivity contribution in [3.8, 4) is 0 Å². The van der Waals surface area contributed by atoms with Gasteiger partial charge in [-0.25, -0.2) is 9.50 Å². The average Bonchev–Trinajstić information content (AvgIpc) is 3.25. The molecule has 0 radical (unpaired) electrons. The van der Waals surface area contributed by atoms with Gasteiger partial charge in [0.05, 0.1) is 31.1 Å². The Bertz CT molecular complexity index is 729. The van der Waals surface area contributed by atoms with Crippen LogP contribution in [0.1, 0.15) is 16.6 Å². The third-order valence-electron chi connectivity index (χ3n) is 3.97. The smallest absolute Gasteiger partial charge is 0.214 e. The van der Waals surface area contributed by atoms with E-state index in [1.54, 1.807) is 11.3 Å². The van der Waals surface area contributed by atoms with Crippen LogP contribution in [-0.2, 0) is 4.74 Å². The molecule has 1 saturated heterocycles. The minimum absolute atomic E-state index is 0.358. The summed E-state index contributed by atoms with van der Waals surface area (Å²) in [6.07, 6.45) is 1.95. The topological polar surface area (TPSA) is 54.7 Å². The maximum Gasteiger partial charge on any atom is 0.214 e. The van der Waals surface area contributed by atoms with Crippen LogP contribution in [0.3, 0.4) is 0 Å². The SMILES string of the molecule is Cc1cn2nc(NC[C@H](c3cccs3)N3CCOCC3)sc2n1. The van der Waals surface area contributed by atoms with Crippen LogP contribution in [-0.4, -0.2) is 52.3 Å². The van der Waals surface area contributed by atoms with Gasteiger partial charge in [0.25, 0.3) is 0 Å². The second-order valence-electron chi connectivity index (χ2n) is 5.58. The summed E-state index contributed by atoms with van der Waals surface area (Å²) in [5.41, 5.74) is 1.00. The average molecular weight is 349 g/mol. The molecule has 23 heavy (non-hydrogen) atoms. The summed E-state index contributed by atoms with van der Waals surface area (Å²) in [6, 6.07) is 4.69. The normalized spacial score (nSPS) is 17.6. The molecule has 0 amide bonds. The highest BCUT2D eigenvalue weighted by molar-refractivity contribution is 7.20. The molecule has 4 heterocycles. The summed E-state index contributed by atoms with van der Waals surface area (Å²) in [4.78, 5) is 9.27. The van der Waals surface area contributed by atoms with Gasteiger partial charge in [-0.15, -0.1) is 16.4 Å². The fraction of sp³-hybridized carbons (Fsp3) is 0.467. The van der Waals surface area contributed by atoms with E-state index in [0.717, 1.165) is 48.6 Å². The van der Waals surface area contributed by atoms with Gasteiger partial charge >= 0.3 is 0 Å². The van der Waals surface area contributed by atoms with Crippen molar-refractivity contribution in [2.45, 2.75) is 13.0 Å². The molecule has 4 rings (SSSR count). The van der Waals surface area contributed by atoms with Crippen LogP contribution in [0.5, 0.6) is 0 Å². The van der Waals surface area contributed by atoms with Crippen LogP contribution >= 0.6 is 22.7 Å². The third kappa shape index (κ3) is 3.25. The largest absolute Gasteiger partial charge is 0.379 e. The first kappa shape index (κ1) is 15.1. The van der Waals surface area contributed by atoms with Crippen LogP contribution in [0.2, 0.25) is 0 Å². The van der Waals surface area contributed by atoms with Gasteiger partial charge in [0.15, 0.2) is 0 Å². The highest BCUT2D eigenvalue weighted by Crippen LogP contribution is 2.27. The zero-order valence-corrected chi connectivity index (χ0v) is 14.6. The van der Waals surface area contributed by atoms with E-state index in [-0.39, 0.29) is 0 Å². The maximum absolute atomic E-state index is 5.49. The fourth-order valence-electron chi connectivity index (χ4n) is 2.84. The van der Waals surface area contributed by atoms with Gasteiger partial charge < -0.3 is 10.1 Å². The third-order valence-corrected chi connectivity index (χ3v) is 5.82. The van der Waals surface area contributed by atoms with E-state index >= 15 is 0 Å². The number of rotatable bonds is 5. The zero-order valence-electron chi connectivity index (χ0n) is 12.9. The van der Waals surface area contributed by atoms with Gasteiger partial charge in [-0.3, -0.25) is 4.90 Å². The molecule has 8 heteroatoms. The Labute approximate surface area is 142 Å². The molecule has 1 aliphatic rings. The molecule has 0 saturated carbocycles. The Morgan fingerprint density at radius 1 is 1.39 bits per heavy atom. The van der Waals surface area contributed by atoms with E-state index in [2.05, 4.69) is 37.8 Å². The van der Waals surface area contributed by atoms with E-state index in [4.69, 9.17) is 4.74 Å². The first-order valence-corrected chi connectivity index (χ1v) is 9.41. The summed E-state index contributed by atoms with van der Waals surface area (Å²) in [7, 11) is 0. The van der Waals surface area contributed by atoms with Crippen molar-refractivity contribution >= 4 is 32.8 Å². The molecule has 0 bridgehead atoms. The number of thiophene rings is 1. The predicted octanol–water partition coefficient (Wildman–Crippen LogP) is 2.65. The van der Waals surface area contributed by atoms with Crippen molar-refractivity contribution in [2.75, 3.05) is 38.2 Å². The van der Waals surface area contributed by atoms with Crippen molar-refractivity contribution in [1.82, 2.24) is 19.5 Å². The van der Waals surface area contributed by atoms with Crippen molar-refractivity contribution in [3.63, 3.8) is 0 Å². The summed E-state index contributed by atoms with van der Waals surface area (Å²) < 4.78 is 7.33. The van der Waals surface area contributed by atoms with Crippen LogP contribution in [0.4, 0.5) is 5.13 Å². The zero-order chi connectivity index (χ0) is 15.6. The lowest BCUT2D eigenvalue weighted by molar-refractivity contribution is 0.0194. The van der Waals surface area contributed by atoms with E-state index in [0.29, 0.717) is 6.04 Å². The number of aryl methyl sites for hydroxylation is 1. The van der Waals surface area contributed by atoms with E-state index in [1.165, 1.54) is 4.88 Å². The number of hydrogen-bond acceptors (Lipinski definition) is 7. The summed E-state index contributed by atoms with van der Waals surface area (Å²) >= 11 is 3.41. The molecule has 3 aromatic heterocycles. The lowest BCUT2D eigenvalue weighted by Crippen LogP contribution is -2.41. The summed E-state index contributed by atoms with van der Waals surface area (Å²) in [5, 5.41) is 11.1. The molecule has 1 atom stereocenters. The number of imidazole rings is 1. The van der Waals surface area contributed by atoms with Gasteiger partial charge in [0.2, 0.25) is 10.1 Å².